The molecule has 6 heteroatoms. The van der Waals surface area contributed by atoms with Crippen LogP contribution in [0, 0.1) is 0 Å². The third-order valence-corrected chi connectivity index (χ3v) is 2.90. The number of phenolic OH excluding ortho intramolecular Hbond substituents is 1. The first-order valence-corrected chi connectivity index (χ1v) is 5.83. The smallest absolute Gasteiger partial charge is 0.237 e. The van der Waals surface area contributed by atoms with Crippen molar-refractivity contribution in [2.75, 3.05) is 19.5 Å². The Morgan fingerprint density at radius 2 is 2.18 bits per heavy atom. The second-order valence-electron chi connectivity index (χ2n) is 3.63. The van der Waals surface area contributed by atoms with Crippen molar-refractivity contribution in [2.24, 2.45) is 0 Å². The molecule has 1 aromatic rings. The van der Waals surface area contributed by atoms with E-state index >= 15 is 0 Å². The maximum Gasteiger partial charge on any atom is 0.237 e. The molecule has 17 heavy (non-hydrogen) atoms. The number of benzene rings is 1. The molecule has 1 rings (SSSR count). The molecule has 0 saturated carbocycles. The average molecular weight is 278 g/mol. The van der Waals surface area contributed by atoms with Crippen LogP contribution in [-0.4, -0.2) is 40.5 Å². The monoisotopic (exact) mass is 277 g/mol. The number of alkyl halides is 1. The molecular formula is C11H13Cl2NO3. The third-order valence-electron chi connectivity index (χ3n) is 2.33. The lowest BCUT2D eigenvalue weighted by molar-refractivity contribution is -0.128. The molecule has 0 aliphatic carbocycles. The van der Waals surface area contributed by atoms with E-state index in [0.29, 0.717) is 10.6 Å². The number of amides is 1. The van der Waals surface area contributed by atoms with Gasteiger partial charge >= 0.3 is 0 Å². The normalized spacial score (nSPS) is 12.2. The minimum absolute atomic E-state index is 0.00905. The number of aromatic hydroxyl groups is 1. The first-order chi connectivity index (χ1) is 7.95. The number of carbonyl (C=O) groups excluding carboxylic acids is 1. The molecule has 0 aromatic heterocycles. The van der Waals surface area contributed by atoms with Crippen LogP contribution in [0.3, 0.4) is 0 Å². The molecule has 0 radical (unpaired) electrons. The number of rotatable bonds is 4. The Bertz CT molecular complexity index is 412. The van der Waals surface area contributed by atoms with E-state index in [2.05, 4.69) is 0 Å². The van der Waals surface area contributed by atoms with Crippen molar-refractivity contribution >= 4 is 29.1 Å². The quantitative estimate of drug-likeness (QED) is 0.825. The maximum atomic E-state index is 11.2. The highest BCUT2D eigenvalue weighted by molar-refractivity contribution is 6.31. The summed E-state index contributed by atoms with van der Waals surface area (Å²) in [4.78, 5) is 12.5. The fourth-order valence-corrected chi connectivity index (χ4v) is 1.80. The average Bonchev–Trinajstić information content (AvgIpc) is 2.30. The Morgan fingerprint density at radius 1 is 1.53 bits per heavy atom. The van der Waals surface area contributed by atoms with Crippen LogP contribution in [0.25, 0.3) is 0 Å². The molecule has 1 aromatic carbocycles. The lowest BCUT2D eigenvalue weighted by Gasteiger charge is -2.21. The zero-order valence-corrected chi connectivity index (χ0v) is 10.7. The number of hydrogen-bond acceptors (Lipinski definition) is 3. The van der Waals surface area contributed by atoms with Crippen LogP contribution < -0.4 is 0 Å². The molecule has 94 valence electrons. The highest BCUT2D eigenvalue weighted by Gasteiger charge is 2.17. The van der Waals surface area contributed by atoms with Crippen LogP contribution in [0.2, 0.25) is 5.02 Å². The molecule has 4 nitrogen and oxygen atoms in total. The Kier molecular flexibility index (Phi) is 5.05. The molecule has 0 aliphatic rings. The molecule has 0 heterocycles. The summed E-state index contributed by atoms with van der Waals surface area (Å²) in [6, 6.07) is 4.27. The predicted octanol–water partition coefficient (Wildman–Crippen LogP) is 1.78. The van der Waals surface area contributed by atoms with E-state index in [4.69, 9.17) is 23.2 Å². The highest BCUT2D eigenvalue weighted by Crippen LogP contribution is 2.27. The van der Waals surface area contributed by atoms with Gasteiger partial charge in [-0.05, 0) is 18.2 Å². The summed E-state index contributed by atoms with van der Waals surface area (Å²) in [5, 5.41) is 19.5. The van der Waals surface area contributed by atoms with Gasteiger partial charge in [0.15, 0.2) is 0 Å². The zero-order chi connectivity index (χ0) is 13.0. The lowest BCUT2D eigenvalue weighted by atomic mass is 10.1. The van der Waals surface area contributed by atoms with Gasteiger partial charge in [0.05, 0.1) is 12.6 Å². The molecule has 0 aliphatic heterocycles. The molecule has 0 saturated heterocycles. The lowest BCUT2D eigenvalue weighted by Crippen LogP contribution is -2.31. The van der Waals surface area contributed by atoms with Gasteiger partial charge in [0, 0.05) is 17.6 Å². The predicted molar refractivity (Wildman–Crippen MR) is 66.4 cm³/mol. The summed E-state index contributed by atoms with van der Waals surface area (Å²) in [5.74, 6) is -0.423. The van der Waals surface area contributed by atoms with Crippen molar-refractivity contribution in [1.82, 2.24) is 4.90 Å². The SMILES string of the molecule is CN(CC(O)c1cc(O)ccc1Cl)C(=O)CCl. The van der Waals surface area contributed by atoms with Gasteiger partial charge in [0.2, 0.25) is 5.91 Å². The highest BCUT2D eigenvalue weighted by atomic mass is 35.5. The van der Waals surface area contributed by atoms with Gasteiger partial charge in [-0.25, -0.2) is 0 Å². The van der Waals surface area contributed by atoms with Crippen LogP contribution in [0.4, 0.5) is 0 Å². The van der Waals surface area contributed by atoms with Crippen LogP contribution in [0.15, 0.2) is 18.2 Å². The van der Waals surface area contributed by atoms with Gasteiger partial charge in [-0.2, -0.15) is 0 Å². The largest absolute Gasteiger partial charge is 0.508 e. The van der Waals surface area contributed by atoms with Gasteiger partial charge in [-0.15, -0.1) is 11.6 Å². The number of phenols is 1. The summed E-state index contributed by atoms with van der Waals surface area (Å²) in [6.45, 7) is 0.0642. The van der Waals surface area contributed by atoms with Crippen molar-refractivity contribution in [1.29, 1.82) is 0 Å². The van der Waals surface area contributed by atoms with E-state index in [9.17, 15) is 15.0 Å². The minimum atomic E-state index is -0.966. The number of carbonyl (C=O) groups is 1. The van der Waals surface area contributed by atoms with Crippen molar-refractivity contribution in [3.05, 3.63) is 28.8 Å². The number of halogens is 2. The molecular weight excluding hydrogens is 265 g/mol. The second-order valence-corrected chi connectivity index (χ2v) is 4.30. The number of likely N-dealkylation sites (N-methyl/N-ethyl adjacent to an activating group) is 1. The van der Waals surface area contributed by atoms with Gasteiger partial charge in [0.1, 0.15) is 11.6 Å². The van der Waals surface area contributed by atoms with Gasteiger partial charge < -0.3 is 15.1 Å². The zero-order valence-electron chi connectivity index (χ0n) is 9.23. The number of aliphatic hydroxyl groups excluding tert-OH is 1. The first-order valence-electron chi connectivity index (χ1n) is 4.92. The van der Waals surface area contributed by atoms with Crippen molar-refractivity contribution in [3.8, 4) is 5.75 Å². The van der Waals surface area contributed by atoms with E-state index in [0.717, 1.165) is 0 Å². The summed E-state index contributed by atoms with van der Waals surface area (Å²) in [6.07, 6.45) is -0.966. The molecule has 1 unspecified atom stereocenters. The first kappa shape index (κ1) is 14.1. The maximum absolute atomic E-state index is 11.2. The fraction of sp³-hybridized carbons (Fsp3) is 0.364. The molecule has 1 atom stereocenters. The van der Waals surface area contributed by atoms with Gasteiger partial charge in [-0.3, -0.25) is 4.79 Å². The van der Waals surface area contributed by atoms with Crippen molar-refractivity contribution in [3.63, 3.8) is 0 Å². The van der Waals surface area contributed by atoms with E-state index in [1.807, 2.05) is 0 Å². The minimum Gasteiger partial charge on any atom is -0.508 e. The molecule has 2 N–H and O–H groups in total. The third kappa shape index (κ3) is 3.77. The molecule has 0 spiro atoms. The second kappa shape index (κ2) is 6.10. The number of nitrogens with zero attached hydrogens (tertiary/aromatic N) is 1. The van der Waals surface area contributed by atoms with E-state index in [1.54, 1.807) is 0 Å². The standard InChI is InChI=1S/C11H13Cl2NO3/c1-14(11(17)5-12)6-10(16)8-4-7(15)2-3-9(8)13/h2-4,10,15-16H,5-6H2,1H3. The Morgan fingerprint density at radius 3 is 2.76 bits per heavy atom. The van der Waals surface area contributed by atoms with Gasteiger partial charge in [0.25, 0.3) is 0 Å². The van der Waals surface area contributed by atoms with Gasteiger partial charge in [-0.1, -0.05) is 11.6 Å². The van der Waals surface area contributed by atoms with Crippen molar-refractivity contribution in [2.45, 2.75) is 6.10 Å². The van der Waals surface area contributed by atoms with Crippen LogP contribution in [-0.2, 0) is 4.79 Å². The Balaban J connectivity index is 2.79. The topological polar surface area (TPSA) is 60.8 Å². The number of hydrogen-bond donors (Lipinski definition) is 2. The summed E-state index contributed by atoms with van der Waals surface area (Å²) < 4.78 is 0. The summed E-state index contributed by atoms with van der Waals surface area (Å²) in [7, 11) is 1.53. The van der Waals surface area contributed by atoms with Crippen LogP contribution in [0.5, 0.6) is 5.75 Å². The summed E-state index contributed by atoms with van der Waals surface area (Å²) >= 11 is 11.3. The van der Waals surface area contributed by atoms with E-state index < -0.39 is 6.10 Å². The fourth-order valence-electron chi connectivity index (χ4n) is 1.35. The summed E-state index contributed by atoms with van der Waals surface area (Å²) in [5.41, 5.74) is 0.376. The van der Waals surface area contributed by atoms with Crippen LogP contribution >= 0.6 is 23.2 Å². The van der Waals surface area contributed by atoms with E-state index in [1.165, 1.54) is 30.1 Å². The Hall–Kier alpha value is -0.970. The molecule has 0 fully saturated rings. The number of aliphatic hydroxyl groups is 1. The molecule has 1 amide bonds. The van der Waals surface area contributed by atoms with Crippen LogP contribution in [0.1, 0.15) is 11.7 Å². The Labute approximate surface area is 109 Å². The van der Waals surface area contributed by atoms with E-state index in [-0.39, 0.29) is 24.1 Å². The molecule has 0 bridgehead atoms. The van der Waals surface area contributed by atoms with Crippen molar-refractivity contribution < 1.29 is 15.0 Å².